The first kappa shape index (κ1) is 24.6. The molecule has 1 amide bonds. The topological polar surface area (TPSA) is 101 Å². The number of pyridine rings is 1. The van der Waals surface area contributed by atoms with Crippen molar-refractivity contribution in [2.45, 2.75) is 19.9 Å². The number of benzene rings is 2. The number of aromatic nitrogens is 1. The highest BCUT2D eigenvalue weighted by atomic mass is 35.5. The van der Waals surface area contributed by atoms with Gasteiger partial charge in [-0.3, -0.25) is 14.4 Å². The van der Waals surface area contributed by atoms with E-state index in [0.29, 0.717) is 6.42 Å². The van der Waals surface area contributed by atoms with E-state index in [9.17, 15) is 28.4 Å². The van der Waals surface area contributed by atoms with Gasteiger partial charge in [0.1, 0.15) is 29.0 Å². The van der Waals surface area contributed by atoms with Gasteiger partial charge < -0.3 is 14.6 Å². The van der Waals surface area contributed by atoms with E-state index in [-0.39, 0.29) is 39.7 Å². The molecule has 1 heterocycles. The summed E-state index contributed by atoms with van der Waals surface area (Å²) in [6.45, 7) is 1.50. The summed E-state index contributed by atoms with van der Waals surface area (Å²) in [5, 5.41) is 11.7. The molecule has 0 aliphatic carbocycles. The minimum absolute atomic E-state index is 0.0206. The number of aryl methyl sites for hydroxylation is 1. The highest BCUT2D eigenvalue weighted by Gasteiger charge is 2.20. The Labute approximate surface area is 198 Å². The lowest BCUT2D eigenvalue weighted by Gasteiger charge is -2.13. The molecular weight excluding hydrogens is 468 g/mol. The van der Waals surface area contributed by atoms with Gasteiger partial charge in [0.2, 0.25) is 0 Å². The number of nitrogens with zero attached hydrogens (tertiary/aromatic N) is 2. The maximum atomic E-state index is 13.9. The Hall–Kier alpha value is -4.03. The monoisotopic (exact) mass is 485 g/mol. The summed E-state index contributed by atoms with van der Waals surface area (Å²) in [6.07, 6.45) is 1.87. The molecule has 0 atom stereocenters. The lowest BCUT2D eigenvalue weighted by molar-refractivity contribution is -0.118. The quantitative estimate of drug-likeness (QED) is 0.479. The van der Waals surface area contributed by atoms with Crippen LogP contribution in [0.2, 0.25) is 5.02 Å². The van der Waals surface area contributed by atoms with Crippen molar-refractivity contribution in [1.82, 2.24) is 4.57 Å². The third-order valence-corrected chi connectivity index (χ3v) is 4.92. The van der Waals surface area contributed by atoms with Crippen molar-refractivity contribution < 1.29 is 23.1 Å². The summed E-state index contributed by atoms with van der Waals surface area (Å²) in [5.41, 5.74) is -1.12. The lowest BCUT2D eigenvalue weighted by Crippen LogP contribution is -2.24. The first-order valence-corrected chi connectivity index (χ1v) is 10.5. The van der Waals surface area contributed by atoms with Crippen LogP contribution in [-0.2, 0) is 11.3 Å². The summed E-state index contributed by atoms with van der Waals surface area (Å²) in [6, 6.07) is 9.73. The van der Waals surface area contributed by atoms with Crippen LogP contribution < -0.4 is 15.6 Å². The number of anilines is 1. The van der Waals surface area contributed by atoms with E-state index in [2.05, 4.69) is 5.32 Å². The normalized spacial score (nSPS) is 10.4. The van der Waals surface area contributed by atoms with Crippen molar-refractivity contribution in [2.75, 3.05) is 11.9 Å². The highest BCUT2D eigenvalue weighted by molar-refractivity contribution is 6.30. The van der Waals surface area contributed by atoms with Crippen LogP contribution in [0.1, 0.15) is 34.8 Å². The number of rotatable bonds is 8. The second kappa shape index (κ2) is 10.7. The van der Waals surface area contributed by atoms with Gasteiger partial charge in [-0.15, -0.1) is 0 Å². The number of carbonyl (C=O) groups excluding carboxylic acids is 2. The van der Waals surface area contributed by atoms with Crippen molar-refractivity contribution in [1.29, 1.82) is 5.26 Å². The fourth-order valence-corrected chi connectivity index (χ4v) is 3.29. The average molecular weight is 486 g/mol. The van der Waals surface area contributed by atoms with E-state index in [4.69, 9.17) is 16.3 Å². The Bertz CT molecular complexity index is 1370. The number of amides is 1. The molecule has 1 N–H and O–H groups in total. The van der Waals surface area contributed by atoms with Gasteiger partial charge >= 0.3 is 0 Å². The summed E-state index contributed by atoms with van der Waals surface area (Å²) in [7, 11) is 0. The van der Waals surface area contributed by atoms with Gasteiger partial charge in [-0.05, 0) is 48.9 Å². The zero-order chi connectivity index (χ0) is 24.8. The van der Waals surface area contributed by atoms with Gasteiger partial charge in [0.05, 0.1) is 11.3 Å². The van der Waals surface area contributed by atoms with Crippen molar-refractivity contribution in [3.05, 3.63) is 92.4 Å². The van der Waals surface area contributed by atoms with Crippen molar-refractivity contribution in [3.63, 3.8) is 0 Å². The molecule has 7 nitrogen and oxygen atoms in total. The predicted octanol–water partition coefficient (Wildman–Crippen LogP) is 4.31. The molecule has 10 heteroatoms. The fourth-order valence-electron chi connectivity index (χ4n) is 3.13. The number of hydrogen-bond acceptors (Lipinski definition) is 5. The molecule has 0 saturated heterocycles. The Morgan fingerprint density at radius 1 is 1.18 bits per heavy atom. The Morgan fingerprint density at radius 2 is 1.94 bits per heavy atom. The molecule has 0 fully saturated rings. The zero-order valence-corrected chi connectivity index (χ0v) is 18.7. The molecule has 0 unspecified atom stereocenters. The second-order valence-corrected chi connectivity index (χ2v) is 7.62. The lowest BCUT2D eigenvalue weighted by atomic mass is 10.0. The molecule has 34 heavy (non-hydrogen) atoms. The number of hydrogen-bond donors (Lipinski definition) is 1. The van der Waals surface area contributed by atoms with Crippen LogP contribution in [0.5, 0.6) is 5.75 Å². The number of carbonyl (C=O) groups is 2. The molecule has 3 rings (SSSR count). The minimum Gasteiger partial charge on any atom is -0.483 e. The molecule has 0 bridgehead atoms. The molecule has 174 valence electrons. The van der Waals surface area contributed by atoms with Crippen LogP contribution in [0.3, 0.4) is 0 Å². The molecule has 0 radical (unpaired) electrons. The molecule has 2 aromatic carbocycles. The minimum atomic E-state index is -0.742. The van der Waals surface area contributed by atoms with Crippen LogP contribution >= 0.6 is 11.6 Å². The second-order valence-electron chi connectivity index (χ2n) is 7.18. The first-order chi connectivity index (χ1) is 16.2. The molecule has 0 aliphatic heterocycles. The summed E-state index contributed by atoms with van der Waals surface area (Å²) >= 11 is 5.68. The average Bonchev–Trinajstić information content (AvgIpc) is 2.81. The Balaban J connectivity index is 1.86. The number of nitriles is 1. The Kier molecular flexibility index (Phi) is 7.76. The highest BCUT2D eigenvalue weighted by Crippen LogP contribution is 2.24. The van der Waals surface area contributed by atoms with Gasteiger partial charge in [-0.25, -0.2) is 8.78 Å². The van der Waals surface area contributed by atoms with Crippen LogP contribution in [0.15, 0.2) is 53.5 Å². The summed E-state index contributed by atoms with van der Waals surface area (Å²) in [5.74, 6) is -3.02. The maximum Gasteiger partial charge on any atom is 0.268 e. The van der Waals surface area contributed by atoms with Gasteiger partial charge in [0.15, 0.2) is 12.4 Å². The fraction of sp³-hybridized carbons (Fsp3) is 0.167. The molecule has 3 aromatic rings. The van der Waals surface area contributed by atoms with E-state index in [1.807, 2.05) is 6.92 Å². The number of halogens is 3. The van der Waals surface area contributed by atoms with Crippen molar-refractivity contribution in [2.24, 2.45) is 0 Å². The van der Waals surface area contributed by atoms with Crippen LogP contribution in [0.25, 0.3) is 0 Å². The largest absolute Gasteiger partial charge is 0.483 e. The SMILES string of the molecule is CCCn1cc(C(=O)c2cc(F)ccc2OCC(=O)Nc2ccc(Cl)cc2F)cc(C#N)c1=O. The van der Waals surface area contributed by atoms with Gasteiger partial charge in [-0.1, -0.05) is 18.5 Å². The number of nitrogens with one attached hydrogen (secondary N) is 1. The number of ether oxygens (including phenoxy) is 1. The van der Waals surface area contributed by atoms with Gasteiger partial charge in [0, 0.05) is 23.3 Å². The van der Waals surface area contributed by atoms with Crippen molar-refractivity contribution in [3.8, 4) is 11.8 Å². The standard InChI is InChI=1S/C24H18ClF2N3O4/c1-2-7-30-12-15(8-14(11-28)24(30)33)23(32)18-10-17(26)4-6-21(18)34-13-22(31)29-20-5-3-16(25)9-19(20)27/h3-6,8-10,12H,2,7,13H2,1H3,(H,29,31). The van der Waals surface area contributed by atoms with E-state index < -0.39 is 35.5 Å². The third-order valence-electron chi connectivity index (χ3n) is 4.68. The zero-order valence-electron chi connectivity index (χ0n) is 17.9. The van der Waals surface area contributed by atoms with Gasteiger partial charge in [0.25, 0.3) is 11.5 Å². The van der Waals surface area contributed by atoms with E-state index in [1.54, 1.807) is 6.07 Å². The van der Waals surface area contributed by atoms with Gasteiger partial charge in [-0.2, -0.15) is 5.26 Å². The summed E-state index contributed by atoms with van der Waals surface area (Å²) < 4.78 is 34.5. The molecular formula is C24H18ClF2N3O4. The molecule has 0 spiro atoms. The first-order valence-electron chi connectivity index (χ1n) is 10.1. The maximum absolute atomic E-state index is 13.9. The predicted molar refractivity (Wildman–Crippen MR) is 121 cm³/mol. The molecule has 0 saturated carbocycles. The smallest absolute Gasteiger partial charge is 0.268 e. The summed E-state index contributed by atoms with van der Waals surface area (Å²) in [4.78, 5) is 37.6. The van der Waals surface area contributed by atoms with Crippen LogP contribution in [-0.4, -0.2) is 22.9 Å². The van der Waals surface area contributed by atoms with E-state index in [1.165, 1.54) is 29.0 Å². The Morgan fingerprint density at radius 3 is 2.62 bits per heavy atom. The van der Waals surface area contributed by atoms with E-state index in [0.717, 1.165) is 24.3 Å². The molecule has 1 aromatic heterocycles. The van der Waals surface area contributed by atoms with Crippen LogP contribution in [0, 0.1) is 23.0 Å². The third kappa shape index (κ3) is 5.66. The van der Waals surface area contributed by atoms with E-state index >= 15 is 0 Å². The van der Waals surface area contributed by atoms with Crippen molar-refractivity contribution >= 4 is 29.0 Å². The molecule has 0 aliphatic rings. The number of ketones is 1. The van der Waals surface area contributed by atoms with Crippen LogP contribution in [0.4, 0.5) is 14.5 Å².